The zero-order valence-electron chi connectivity index (χ0n) is 10.7. The van der Waals surface area contributed by atoms with Crippen LogP contribution in [0, 0.1) is 5.82 Å². The highest BCUT2D eigenvalue weighted by atomic mass is 19.1. The van der Waals surface area contributed by atoms with Gasteiger partial charge < -0.3 is 19.8 Å². The van der Waals surface area contributed by atoms with Gasteiger partial charge in [0.1, 0.15) is 5.82 Å². The van der Waals surface area contributed by atoms with Crippen molar-refractivity contribution in [2.24, 2.45) is 0 Å². The predicted molar refractivity (Wildman–Crippen MR) is 66.7 cm³/mol. The van der Waals surface area contributed by atoms with Gasteiger partial charge in [-0.15, -0.1) is 0 Å². The van der Waals surface area contributed by atoms with E-state index in [0.29, 0.717) is 18.7 Å². The third-order valence-corrected chi connectivity index (χ3v) is 2.62. The third-order valence-electron chi connectivity index (χ3n) is 2.62. The van der Waals surface area contributed by atoms with E-state index in [4.69, 9.17) is 4.74 Å². The highest BCUT2D eigenvalue weighted by Crippen LogP contribution is 2.14. The number of aliphatic hydroxyl groups is 2. The van der Waals surface area contributed by atoms with Crippen LogP contribution in [0.1, 0.15) is 11.7 Å². The molecule has 0 aliphatic heterocycles. The molecule has 0 bridgehead atoms. The van der Waals surface area contributed by atoms with Gasteiger partial charge in [0.25, 0.3) is 0 Å². The van der Waals surface area contributed by atoms with Gasteiger partial charge in [-0.25, -0.2) is 4.39 Å². The average molecular weight is 257 g/mol. The van der Waals surface area contributed by atoms with Crippen LogP contribution in [0.5, 0.6) is 0 Å². The van der Waals surface area contributed by atoms with E-state index in [9.17, 15) is 14.6 Å². The number of halogens is 1. The first-order valence-corrected chi connectivity index (χ1v) is 5.82. The molecule has 0 aliphatic rings. The molecule has 0 fully saturated rings. The Balaban J connectivity index is 2.43. The molecule has 0 aliphatic carbocycles. The van der Waals surface area contributed by atoms with Crippen molar-refractivity contribution in [2.45, 2.75) is 12.2 Å². The van der Waals surface area contributed by atoms with Crippen LogP contribution in [0.4, 0.5) is 4.39 Å². The van der Waals surface area contributed by atoms with Crippen LogP contribution < -0.4 is 0 Å². The van der Waals surface area contributed by atoms with Gasteiger partial charge >= 0.3 is 0 Å². The zero-order chi connectivity index (χ0) is 13.5. The summed E-state index contributed by atoms with van der Waals surface area (Å²) in [4.78, 5) is 1.80. The molecule has 0 amide bonds. The summed E-state index contributed by atoms with van der Waals surface area (Å²) in [5.74, 6) is -0.324. The number of aliphatic hydroxyl groups excluding tert-OH is 2. The highest BCUT2D eigenvalue weighted by molar-refractivity contribution is 5.18. The minimum absolute atomic E-state index is 0.261. The fourth-order valence-electron chi connectivity index (χ4n) is 1.76. The second-order valence-corrected chi connectivity index (χ2v) is 4.40. The van der Waals surface area contributed by atoms with Gasteiger partial charge in [-0.3, -0.25) is 0 Å². The lowest BCUT2D eigenvalue weighted by atomic mass is 10.1. The number of likely N-dealkylation sites (N-methyl/N-ethyl adjacent to an activating group) is 1. The van der Waals surface area contributed by atoms with Gasteiger partial charge in [0.05, 0.1) is 18.8 Å². The molecule has 0 radical (unpaired) electrons. The van der Waals surface area contributed by atoms with Crippen molar-refractivity contribution in [1.82, 2.24) is 4.90 Å². The topological polar surface area (TPSA) is 52.9 Å². The molecule has 2 atom stereocenters. The lowest BCUT2D eigenvalue weighted by molar-refractivity contribution is 0.0318. The minimum atomic E-state index is -0.703. The van der Waals surface area contributed by atoms with Crippen molar-refractivity contribution in [3.05, 3.63) is 35.6 Å². The normalized spacial score (nSPS) is 14.8. The number of hydrogen-bond donors (Lipinski definition) is 2. The van der Waals surface area contributed by atoms with E-state index in [1.54, 1.807) is 24.1 Å². The van der Waals surface area contributed by atoms with Gasteiger partial charge in [0.2, 0.25) is 0 Å². The van der Waals surface area contributed by atoms with Crippen molar-refractivity contribution < 1.29 is 19.3 Å². The quantitative estimate of drug-likeness (QED) is 0.758. The van der Waals surface area contributed by atoms with Crippen molar-refractivity contribution >= 4 is 0 Å². The number of rotatable bonds is 7. The fraction of sp³-hybridized carbons (Fsp3) is 0.538. The van der Waals surface area contributed by atoms with Crippen LogP contribution in [-0.2, 0) is 4.74 Å². The van der Waals surface area contributed by atoms with Crippen LogP contribution in [-0.4, -0.2) is 55.1 Å². The molecule has 4 nitrogen and oxygen atoms in total. The smallest absolute Gasteiger partial charge is 0.123 e. The molecule has 0 heterocycles. The average Bonchev–Trinajstić information content (AvgIpc) is 2.29. The Bertz CT molecular complexity index is 345. The molecule has 0 saturated heterocycles. The summed E-state index contributed by atoms with van der Waals surface area (Å²) in [5.41, 5.74) is 0.657. The van der Waals surface area contributed by atoms with Crippen molar-refractivity contribution in [2.75, 3.05) is 33.9 Å². The summed E-state index contributed by atoms with van der Waals surface area (Å²) in [6, 6.07) is 5.75. The molecule has 2 unspecified atom stereocenters. The monoisotopic (exact) mass is 257 g/mol. The molecule has 1 aromatic carbocycles. The number of ether oxygens (including phenoxy) is 1. The minimum Gasteiger partial charge on any atom is -0.389 e. The fourth-order valence-corrected chi connectivity index (χ4v) is 1.76. The van der Waals surface area contributed by atoms with Crippen molar-refractivity contribution in [1.29, 1.82) is 0 Å². The van der Waals surface area contributed by atoms with E-state index >= 15 is 0 Å². The largest absolute Gasteiger partial charge is 0.389 e. The number of nitrogens with zero attached hydrogens (tertiary/aromatic N) is 1. The molecule has 5 heteroatoms. The van der Waals surface area contributed by atoms with Crippen LogP contribution in [0.3, 0.4) is 0 Å². The Hall–Kier alpha value is -1.01. The Labute approximate surface area is 107 Å². The molecular weight excluding hydrogens is 237 g/mol. The van der Waals surface area contributed by atoms with E-state index in [-0.39, 0.29) is 12.4 Å². The lowest BCUT2D eigenvalue weighted by Gasteiger charge is -2.23. The second kappa shape index (κ2) is 7.43. The first-order valence-electron chi connectivity index (χ1n) is 5.82. The van der Waals surface area contributed by atoms with Crippen molar-refractivity contribution in [3.63, 3.8) is 0 Å². The summed E-state index contributed by atoms with van der Waals surface area (Å²) in [6.07, 6.45) is -1.29. The molecular formula is C13H20FNO3. The Kier molecular flexibility index (Phi) is 6.21. The number of methoxy groups -OCH3 is 1. The molecule has 18 heavy (non-hydrogen) atoms. The summed E-state index contributed by atoms with van der Waals surface area (Å²) in [7, 11) is 3.32. The van der Waals surface area contributed by atoms with Crippen molar-refractivity contribution in [3.8, 4) is 0 Å². The van der Waals surface area contributed by atoms with E-state index in [1.807, 2.05) is 0 Å². The van der Waals surface area contributed by atoms with Gasteiger partial charge in [0.15, 0.2) is 0 Å². The van der Waals surface area contributed by atoms with Crippen LogP contribution >= 0.6 is 0 Å². The Morgan fingerprint density at radius 1 is 1.22 bits per heavy atom. The highest BCUT2D eigenvalue weighted by Gasteiger charge is 2.13. The van der Waals surface area contributed by atoms with Gasteiger partial charge in [-0.2, -0.15) is 0 Å². The Morgan fingerprint density at radius 3 is 2.39 bits per heavy atom. The third kappa shape index (κ3) is 5.10. The number of hydrogen-bond acceptors (Lipinski definition) is 4. The maximum Gasteiger partial charge on any atom is 0.123 e. The lowest BCUT2D eigenvalue weighted by Crippen LogP contribution is -2.34. The molecule has 0 saturated carbocycles. The van der Waals surface area contributed by atoms with E-state index < -0.39 is 12.2 Å². The van der Waals surface area contributed by atoms with Crippen LogP contribution in [0.25, 0.3) is 0 Å². The van der Waals surface area contributed by atoms with Crippen LogP contribution in [0.2, 0.25) is 0 Å². The van der Waals surface area contributed by atoms with E-state index in [1.165, 1.54) is 19.2 Å². The van der Waals surface area contributed by atoms with E-state index in [2.05, 4.69) is 0 Å². The summed E-state index contributed by atoms with van der Waals surface area (Å²) in [6.45, 7) is 1.04. The first-order chi connectivity index (χ1) is 8.52. The number of benzene rings is 1. The first kappa shape index (κ1) is 15.0. The van der Waals surface area contributed by atoms with Gasteiger partial charge in [-0.1, -0.05) is 12.1 Å². The molecule has 1 aromatic rings. The Morgan fingerprint density at radius 2 is 1.83 bits per heavy atom. The summed E-state index contributed by atoms with van der Waals surface area (Å²) < 4.78 is 17.6. The van der Waals surface area contributed by atoms with Gasteiger partial charge in [-0.05, 0) is 24.7 Å². The molecule has 102 valence electrons. The SMILES string of the molecule is COCC(O)CN(C)CC(O)c1ccc(F)cc1. The molecule has 2 N–H and O–H groups in total. The van der Waals surface area contributed by atoms with Crippen LogP contribution in [0.15, 0.2) is 24.3 Å². The molecule has 0 spiro atoms. The maximum atomic E-state index is 12.7. The summed E-state index contributed by atoms with van der Waals surface area (Å²) >= 11 is 0. The molecule has 1 rings (SSSR count). The van der Waals surface area contributed by atoms with Gasteiger partial charge in [0, 0.05) is 20.2 Å². The predicted octanol–water partition coefficient (Wildman–Crippen LogP) is 0.798. The standard InChI is InChI=1S/C13H20FNO3/c1-15(7-12(16)9-18-2)8-13(17)10-3-5-11(14)6-4-10/h3-6,12-13,16-17H,7-9H2,1-2H3. The zero-order valence-corrected chi connectivity index (χ0v) is 10.7. The van der Waals surface area contributed by atoms with E-state index in [0.717, 1.165) is 0 Å². The second-order valence-electron chi connectivity index (χ2n) is 4.40. The molecule has 0 aromatic heterocycles. The maximum absolute atomic E-state index is 12.7. The summed E-state index contributed by atoms with van der Waals surface area (Å²) in [5, 5.41) is 19.5.